The van der Waals surface area contributed by atoms with Crippen LogP contribution in [-0.4, -0.2) is 30.2 Å². The van der Waals surface area contributed by atoms with E-state index in [0.29, 0.717) is 0 Å². The summed E-state index contributed by atoms with van der Waals surface area (Å²) in [7, 11) is -3.22. The Balaban J connectivity index is 2.04. The number of fused-ring (bicyclic) bond motifs is 1. The molecule has 3 rings (SSSR count). The third kappa shape index (κ3) is 3.57. The molecule has 1 aromatic carbocycles. The molecule has 5 nitrogen and oxygen atoms in total. The fraction of sp³-hybridized carbons (Fsp3) is 0.167. The molecule has 130 valence electrons. The van der Waals surface area contributed by atoms with E-state index in [0.717, 1.165) is 26.6 Å². The summed E-state index contributed by atoms with van der Waals surface area (Å²) in [6.45, 7) is 1.92. The maximum atomic E-state index is 11.6. The molecule has 7 heteroatoms. The molecule has 0 bridgehead atoms. The molecule has 0 aliphatic carbocycles. The van der Waals surface area contributed by atoms with Crippen LogP contribution in [0.1, 0.15) is 11.1 Å². The van der Waals surface area contributed by atoms with E-state index >= 15 is 0 Å². The van der Waals surface area contributed by atoms with Crippen LogP contribution >= 0.6 is 11.8 Å². The highest BCUT2D eigenvalue weighted by molar-refractivity contribution is 7.99. The summed E-state index contributed by atoms with van der Waals surface area (Å²) in [6, 6.07) is 12.4. The summed E-state index contributed by atoms with van der Waals surface area (Å²) in [5.74, 6) is -0.867. The molecule has 0 atom stereocenters. The Labute approximate surface area is 150 Å². The first-order chi connectivity index (χ1) is 11.8. The number of benzene rings is 1. The fourth-order valence-electron chi connectivity index (χ4n) is 2.73. The maximum Gasteiger partial charge on any atom is 0.307 e. The van der Waals surface area contributed by atoms with Gasteiger partial charge >= 0.3 is 5.97 Å². The van der Waals surface area contributed by atoms with E-state index in [1.807, 2.05) is 35.7 Å². The zero-order chi connectivity index (χ0) is 18.2. The Bertz CT molecular complexity index is 1050. The zero-order valence-corrected chi connectivity index (χ0v) is 15.4. The van der Waals surface area contributed by atoms with Crippen LogP contribution < -0.4 is 0 Å². The lowest BCUT2D eigenvalue weighted by Gasteiger charge is -2.05. The van der Waals surface area contributed by atoms with Crippen molar-refractivity contribution in [2.45, 2.75) is 28.2 Å². The summed E-state index contributed by atoms with van der Waals surface area (Å²) in [4.78, 5) is 12.4. The predicted molar refractivity (Wildman–Crippen MR) is 97.1 cm³/mol. The van der Waals surface area contributed by atoms with Gasteiger partial charge in [0.15, 0.2) is 9.84 Å². The normalized spacial score (nSPS) is 11.8. The molecule has 2 heterocycles. The minimum Gasteiger partial charge on any atom is -0.481 e. The van der Waals surface area contributed by atoms with Gasteiger partial charge in [-0.05, 0) is 54.4 Å². The van der Waals surface area contributed by atoms with Crippen molar-refractivity contribution < 1.29 is 18.3 Å². The summed E-state index contributed by atoms with van der Waals surface area (Å²) in [5.41, 5.74) is 2.59. The van der Waals surface area contributed by atoms with Gasteiger partial charge in [-0.2, -0.15) is 0 Å². The van der Waals surface area contributed by atoms with Crippen molar-refractivity contribution in [2.75, 3.05) is 6.26 Å². The third-order valence-corrected chi connectivity index (χ3v) is 6.29. The van der Waals surface area contributed by atoms with Crippen LogP contribution in [-0.2, 0) is 21.1 Å². The molecule has 2 aromatic heterocycles. The second kappa shape index (κ2) is 6.57. The first-order valence-electron chi connectivity index (χ1n) is 7.55. The van der Waals surface area contributed by atoms with E-state index < -0.39 is 15.8 Å². The van der Waals surface area contributed by atoms with Crippen LogP contribution in [0, 0.1) is 6.92 Å². The molecule has 0 saturated carbocycles. The molecule has 0 saturated heterocycles. The van der Waals surface area contributed by atoms with Gasteiger partial charge in [0.2, 0.25) is 0 Å². The lowest BCUT2D eigenvalue weighted by atomic mass is 10.1. The van der Waals surface area contributed by atoms with Crippen LogP contribution in [0.5, 0.6) is 0 Å². The van der Waals surface area contributed by atoms with Gasteiger partial charge < -0.3 is 9.51 Å². The number of aliphatic carboxylic acids is 1. The highest BCUT2D eigenvalue weighted by atomic mass is 32.2. The molecule has 0 amide bonds. The quantitative estimate of drug-likeness (QED) is 0.739. The monoisotopic (exact) mass is 375 g/mol. The summed E-state index contributed by atoms with van der Waals surface area (Å²) < 4.78 is 25.1. The number of hydrogen-bond acceptors (Lipinski definition) is 4. The predicted octanol–water partition coefficient (Wildman–Crippen LogP) is 3.43. The number of hydrogen-bond donors (Lipinski definition) is 1. The van der Waals surface area contributed by atoms with Gasteiger partial charge in [0.25, 0.3) is 0 Å². The molecular weight excluding hydrogens is 358 g/mol. The van der Waals surface area contributed by atoms with E-state index in [2.05, 4.69) is 0 Å². The van der Waals surface area contributed by atoms with Gasteiger partial charge in [-0.3, -0.25) is 4.79 Å². The summed E-state index contributed by atoms with van der Waals surface area (Å²) >= 11 is 1.49. The molecule has 0 unspecified atom stereocenters. The van der Waals surface area contributed by atoms with Gasteiger partial charge in [-0.15, -0.1) is 0 Å². The molecule has 0 radical (unpaired) electrons. The zero-order valence-electron chi connectivity index (χ0n) is 13.8. The van der Waals surface area contributed by atoms with Crippen molar-refractivity contribution in [3.8, 4) is 0 Å². The first-order valence-corrected chi connectivity index (χ1v) is 10.3. The maximum absolute atomic E-state index is 11.6. The number of nitrogens with zero attached hydrogens (tertiary/aromatic N) is 1. The average molecular weight is 375 g/mol. The van der Waals surface area contributed by atoms with Crippen molar-refractivity contribution in [3.05, 3.63) is 59.8 Å². The molecule has 1 N–H and O–H groups in total. The minimum absolute atomic E-state index is 0.0348. The van der Waals surface area contributed by atoms with Gasteiger partial charge in [-0.1, -0.05) is 17.8 Å². The van der Waals surface area contributed by atoms with Crippen LogP contribution in [0.4, 0.5) is 0 Å². The standard InChI is InChI=1S/C18H17NO4S2/c1-12-15(11-17(20)21)16-5-3-4-10-19(16)18(12)24-13-6-8-14(9-7-13)25(2,22)23/h3-10H,11H2,1-2H3,(H,20,21). The highest BCUT2D eigenvalue weighted by Gasteiger charge is 2.18. The van der Waals surface area contributed by atoms with Crippen molar-refractivity contribution in [3.63, 3.8) is 0 Å². The smallest absolute Gasteiger partial charge is 0.307 e. The molecule has 25 heavy (non-hydrogen) atoms. The van der Waals surface area contributed by atoms with Crippen molar-refractivity contribution >= 4 is 33.1 Å². The number of carbonyl (C=O) groups is 1. The van der Waals surface area contributed by atoms with Crippen LogP contribution in [0.3, 0.4) is 0 Å². The molecule has 3 aromatic rings. The van der Waals surface area contributed by atoms with Gasteiger partial charge in [-0.25, -0.2) is 8.42 Å². The molecule has 0 fully saturated rings. The summed E-state index contributed by atoms with van der Waals surface area (Å²) in [6.07, 6.45) is 3.05. The second-order valence-electron chi connectivity index (χ2n) is 5.78. The van der Waals surface area contributed by atoms with E-state index in [-0.39, 0.29) is 11.3 Å². The second-order valence-corrected chi connectivity index (χ2v) is 8.86. The van der Waals surface area contributed by atoms with Gasteiger partial charge in [0, 0.05) is 17.3 Å². The number of aromatic nitrogens is 1. The third-order valence-electron chi connectivity index (χ3n) is 3.96. The van der Waals surface area contributed by atoms with E-state index in [1.54, 1.807) is 24.3 Å². The Morgan fingerprint density at radius 3 is 2.44 bits per heavy atom. The Morgan fingerprint density at radius 2 is 1.84 bits per heavy atom. The SMILES string of the molecule is Cc1c(CC(=O)O)c2ccccn2c1Sc1ccc(S(C)(=O)=O)cc1. The van der Waals surface area contributed by atoms with Crippen molar-refractivity contribution in [1.82, 2.24) is 4.40 Å². The Hall–Kier alpha value is -2.25. The van der Waals surface area contributed by atoms with E-state index in [1.165, 1.54) is 18.0 Å². The van der Waals surface area contributed by atoms with Gasteiger partial charge in [0.05, 0.1) is 21.9 Å². The van der Waals surface area contributed by atoms with Crippen LogP contribution in [0.25, 0.3) is 5.52 Å². The fourth-order valence-corrected chi connectivity index (χ4v) is 4.39. The lowest BCUT2D eigenvalue weighted by molar-refractivity contribution is -0.136. The van der Waals surface area contributed by atoms with Crippen LogP contribution in [0.2, 0.25) is 0 Å². The Morgan fingerprint density at radius 1 is 1.16 bits per heavy atom. The number of rotatable bonds is 5. The summed E-state index contributed by atoms with van der Waals surface area (Å²) in [5, 5.41) is 10.1. The molecule has 0 aliphatic rings. The number of pyridine rings is 1. The van der Waals surface area contributed by atoms with Gasteiger partial charge in [0.1, 0.15) is 0 Å². The average Bonchev–Trinajstić information content (AvgIpc) is 2.80. The van der Waals surface area contributed by atoms with E-state index in [4.69, 9.17) is 0 Å². The van der Waals surface area contributed by atoms with Crippen molar-refractivity contribution in [2.24, 2.45) is 0 Å². The van der Waals surface area contributed by atoms with Crippen LogP contribution in [0.15, 0.2) is 63.5 Å². The topological polar surface area (TPSA) is 75.8 Å². The molecule has 0 aliphatic heterocycles. The van der Waals surface area contributed by atoms with Crippen molar-refractivity contribution in [1.29, 1.82) is 0 Å². The molecule has 0 spiro atoms. The number of sulfone groups is 1. The highest BCUT2D eigenvalue weighted by Crippen LogP contribution is 2.36. The first kappa shape index (κ1) is 17.6. The Kier molecular flexibility index (Phi) is 4.62. The number of carboxylic acid groups (broad SMARTS) is 1. The largest absolute Gasteiger partial charge is 0.481 e. The minimum atomic E-state index is -3.22. The molecular formula is C18H17NO4S2. The lowest BCUT2D eigenvalue weighted by Crippen LogP contribution is -2.00. The van der Waals surface area contributed by atoms with E-state index in [9.17, 15) is 18.3 Å². The number of carboxylic acids is 1.